The number of ether oxygens (including phenoxy) is 3. The van der Waals surface area contributed by atoms with Crippen molar-refractivity contribution in [1.82, 2.24) is 0 Å². The lowest BCUT2D eigenvalue weighted by Crippen LogP contribution is -1.99. The van der Waals surface area contributed by atoms with Gasteiger partial charge in [0.1, 0.15) is 0 Å². The topological polar surface area (TPSA) is 27.7 Å². The van der Waals surface area contributed by atoms with Gasteiger partial charge in [-0.05, 0) is 23.1 Å². The van der Waals surface area contributed by atoms with E-state index in [9.17, 15) is 0 Å². The van der Waals surface area contributed by atoms with E-state index in [-0.39, 0.29) is 12.8 Å². The first kappa shape index (κ1) is 17.4. The number of methoxy groups -OCH3 is 3. The van der Waals surface area contributed by atoms with Crippen LogP contribution in [0.3, 0.4) is 0 Å². The Kier molecular flexibility index (Phi) is 6.46. The second-order valence-corrected chi connectivity index (χ2v) is 5.16. The standard InChI is InChI=1S/C15H22O3.CH4/c1-15(2,3)8-7-11-9-12(16-4)14(18-6)13(10-11)17-5;/h7-10H,1-6H3;1H4/b8-7-;. The van der Waals surface area contributed by atoms with Crippen LogP contribution in [0.1, 0.15) is 33.8 Å². The average molecular weight is 266 g/mol. The fourth-order valence-corrected chi connectivity index (χ4v) is 1.54. The Morgan fingerprint density at radius 3 is 1.68 bits per heavy atom. The Morgan fingerprint density at radius 1 is 0.895 bits per heavy atom. The van der Waals surface area contributed by atoms with Crippen LogP contribution in [-0.4, -0.2) is 21.3 Å². The van der Waals surface area contributed by atoms with Crippen LogP contribution in [0.25, 0.3) is 6.08 Å². The molecule has 0 bridgehead atoms. The molecule has 0 fully saturated rings. The molecular weight excluding hydrogens is 240 g/mol. The minimum absolute atomic E-state index is 0. The Labute approximate surface area is 117 Å². The van der Waals surface area contributed by atoms with Gasteiger partial charge in [-0.1, -0.05) is 40.3 Å². The third-order valence-electron chi connectivity index (χ3n) is 2.46. The van der Waals surface area contributed by atoms with Gasteiger partial charge in [-0.15, -0.1) is 0 Å². The minimum Gasteiger partial charge on any atom is -0.493 e. The van der Waals surface area contributed by atoms with E-state index in [0.717, 1.165) is 5.56 Å². The van der Waals surface area contributed by atoms with Gasteiger partial charge in [0.15, 0.2) is 11.5 Å². The highest BCUT2D eigenvalue weighted by molar-refractivity contribution is 5.62. The smallest absolute Gasteiger partial charge is 0.203 e. The molecule has 108 valence electrons. The summed E-state index contributed by atoms with van der Waals surface area (Å²) in [5, 5.41) is 0. The van der Waals surface area contributed by atoms with E-state index < -0.39 is 0 Å². The van der Waals surface area contributed by atoms with Crippen LogP contribution in [0.15, 0.2) is 18.2 Å². The molecule has 0 aliphatic heterocycles. The van der Waals surface area contributed by atoms with Crippen molar-refractivity contribution < 1.29 is 14.2 Å². The molecule has 3 nitrogen and oxygen atoms in total. The largest absolute Gasteiger partial charge is 0.493 e. The highest BCUT2D eigenvalue weighted by Crippen LogP contribution is 2.38. The maximum Gasteiger partial charge on any atom is 0.203 e. The van der Waals surface area contributed by atoms with Gasteiger partial charge in [0.05, 0.1) is 21.3 Å². The van der Waals surface area contributed by atoms with E-state index in [0.29, 0.717) is 17.2 Å². The molecule has 0 radical (unpaired) electrons. The van der Waals surface area contributed by atoms with Gasteiger partial charge in [0, 0.05) is 0 Å². The number of benzene rings is 1. The van der Waals surface area contributed by atoms with Crippen molar-refractivity contribution in [3.63, 3.8) is 0 Å². The molecule has 0 N–H and O–H groups in total. The van der Waals surface area contributed by atoms with Crippen LogP contribution < -0.4 is 14.2 Å². The third-order valence-corrected chi connectivity index (χ3v) is 2.46. The molecule has 0 saturated carbocycles. The van der Waals surface area contributed by atoms with Gasteiger partial charge in [0.25, 0.3) is 0 Å². The molecule has 0 saturated heterocycles. The zero-order valence-corrected chi connectivity index (χ0v) is 12.0. The van der Waals surface area contributed by atoms with Crippen LogP contribution >= 0.6 is 0 Å². The van der Waals surface area contributed by atoms with Gasteiger partial charge in [0.2, 0.25) is 5.75 Å². The molecule has 3 heteroatoms. The summed E-state index contributed by atoms with van der Waals surface area (Å²) in [6, 6.07) is 3.87. The summed E-state index contributed by atoms with van der Waals surface area (Å²) >= 11 is 0. The predicted octanol–water partition coefficient (Wildman–Crippen LogP) is 4.41. The Balaban J connectivity index is 0.00000324. The zero-order valence-electron chi connectivity index (χ0n) is 12.0. The molecule has 0 amide bonds. The van der Waals surface area contributed by atoms with Crippen molar-refractivity contribution in [2.45, 2.75) is 28.2 Å². The van der Waals surface area contributed by atoms with Gasteiger partial charge >= 0.3 is 0 Å². The van der Waals surface area contributed by atoms with Gasteiger partial charge in [-0.25, -0.2) is 0 Å². The zero-order chi connectivity index (χ0) is 13.8. The molecule has 0 spiro atoms. The minimum atomic E-state index is 0. The van der Waals surface area contributed by atoms with Gasteiger partial charge in [-0.3, -0.25) is 0 Å². The summed E-state index contributed by atoms with van der Waals surface area (Å²) in [7, 11) is 4.84. The maximum atomic E-state index is 5.31. The molecule has 0 unspecified atom stereocenters. The number of hydrogen-bond acceptors (Lipinski definition) is 3. The van der Waals surface area contributed by atoms with E-state index in [2.05, 4.69) is 32.9 Å². The lowest BCUT2D eigenvalue weighted by Gasteiger charge is -2.14. The molecule has 19 heavy (non-hydrogen) atoms. The van der Waals surface area contributed by atoms with Crippen LogP contribution in [0.5, 0.6) is 17.2 Å². The molecule has 1 rings (SSSR count). The number of rotatable bonds is 4. The van der Waals surface area contributed by atoms with Crippen molar-refractivity contribution in [2.75, 3.05) is 21.3 Å². The fraction of sp³-hybridized carbons (Fsp3) is 0.500. The lowest BCUT2D eigenvalue weighted by molar-refractivity contribution is 0.324. The van der Waals surface area contributed by atoms with Gasteiger partial charge < -0.3 is 14.2 Å². The number of allylic oxidation sites excluding steroid dienone is 1. The van der Waals surface area contributed by atoms with Crippen LogP contribution in [0.2, 0.25) is 0 Å². The quantitative estimate of drug-likeness (QED) is 0.808. The second kappa shape index (κ2) is 7.07. The third kappa shape index (κ3) is 4.86. The summed E-state index contributed by atoms with van der Waals surface area (Å²) in [6.07, 6.45) is 4.21. The first-order valence-corrected chi connectivity index (χ1v) is 5.90. The maximum absolute atomic E-state index is 5.31. The highest BCUT2D eigenvalue weighted by atomic mass is 16.5. The SMILES string of the molecule is C.COc1cc(/C=C\C(C)(C)C)cc(OC)c1OC. The van der Waals surface area contributed by atoms with E-state index in [1.165, 1.54) is 0 Å². The fourth-order valence-electron chi connectivity index (χ4n) is 1.54. The summed E-state index contributed by atoms with van der Waals surface area (Å²) in [6.45, 7) is 6.46. The summed E-state index contributed by atoms with van der Waals surface area (Å²) in [4.78, 5) is 0. The first-order valence-electron chi connectivity index (χ1n) is 5.90. The van der Waals surface area contributed by atoms with E-state index in [1.54, 1.807) is 21.3 Å². The van der Waals surface area contributed by atoms with E-state index >= 15 is 0 Å². The normalized spacial score (nSPS) is 11.1. The highest BCUT2D eigenvalue weighted by Gasteiger charge is 2.12. The van der Waals surface area contributed by atoms with E-state index in [4.69, 9.17) is 14.2 Å². The summed E-state index contributed by atoms with van der Waals surface area (Å²) in [5.41, 5.74) is 1.17. The molecule has 1 aromatic rings. The second-order valence-electron chi connectivity index (χ2n) is 5.16. The predicted molar refractivity (Wildman–Crippen MR) is 81.3 cm³/mol. The molecule has 0 aromatic heterocycles. The molecule has 0 heterocycles. The average Bonchev–Trinajstić information content (AvgIpc) is 2.33. The van der Waals surface area contributed by atoms with E-state index in [1.807, 2.05) is 12.1 Å². The van der Waals surface area contributed by atoms with Crippen LogP contribution in [-0.2, 0) is 0 Å². The summed E-state index contributed by atoms with van der Waals surface area (Å²) < 4.78 is 15.9. The Morgan fingerprint density at radius 2 is 1.37 bits per heavy atom. The Bertz CT molecular complexity index is 403. The summed E-state index contributed by atoms with van der Waals surface area (Å²) in [5.74, 6) is 1.96. The van der Waals surface area contributed by atoms with Crippen molar-refractivity contribution in [3.05, 3.63) is 23.8 Å². The van der Waals surface area contributed by atoms with Crippen LogP contribution in [0.4, 0.5) is 0 Å². The monoisotopic (exact) mass is 266 g/mol. The number of hydrogen-bond donors (Lipinski definition) is 0. The van der Waals surface area contributed by atoms with Crippen LogP contribution in [0, 0.1) is 5.41 Å². The first-order chi connectivity index (χ1) is 8.41. The molecular formula is C16H26O3. The van der Waals surface area contributed by atoms with Crippen molar-refractivity contribution >= 4 is 6.08 Å². The van der Waals surface area contributed by atoms with Crippen molar-refractivity contribution in [3.8, 4) is 17.2 Å². The lowest BCUT2D eigenvalue weighted by atomic mass is 9.95. The molecule has 1 aromatic carbocycles. The molecule has 0 aliphatic carbocycles. The van der Waals surface area contributed by atoms with Crippen molar-refractivity contribution in [1.29, 1.82) is 0 Å². The van der Waals surface area contributed by atoms with Gasteiger partial charge in [-0.2, -0.15) is 0 Å². The van der Waals surface area contributed by atoms with Crippen molar-refractivity contribution in [2.24, 2.45) is 5.41 Å². The molecule has 0 atom stereocenters. The Hall–Kier alpha value is -1.64. The molecule has 0 aliphatic rings.